The van der Waals surface area contributed by atoms with Crippen LogP contribution in [0.15, 0.2) is 71.6 Å². The molecule has 1 heterocycles. The highest BCUT2D eigenvalue weighted by Crippen LogP contribution is 2.26. The molecule has 0 spiro atoms. The highest BCUT2D eigenvalue weighted by atomic mass is 35.5. The Morgan fingerprint density at radius 3 is 2.16 bits per heavy atom. The zero-order chi connectivity index (χ0) is 27.1. The predicted molar refractivity (Wildman–Crippen MR) is 148 cm³/mol. The smallest absolute Gasteiger partial charge is 0.309 e. The van der Waals surface area contributed by atoms with Crippen LogP contribution in [0.4, 0.5) is 0 Å². The maximum Gasteiger partial charge on any atom is 0.309 e. The van der Waals surface area contributed by atoms with Gasteiger partial charge in [0.2, 0.25) is 10.0 Å². The van der Waals surface area contributed by atoms with Gasteiger partial charge in [-0.1, -0.05) is 54.9 Å². The van der Waals surface area contributed by atoms with Gasteiger partial charge in [-0.3, -0.25) is 9.69 Å². The molecule has 0 N–H and O–H groups in total. The predicted octanol–water partition coefficient (Wildman–Crippen LogP) is 4.70. The molecule has 0 radical (unpaired) electrons. The second-order valence-electron chi connectivity index (χ2n) is 9.29. The zero-order valence-corrected chi connectivity index (χ0v) is 23.3. The summed E-state index contributed by atoms with van der Waals surface area (Å²) in [6.45, 7) is 4.98. The van der Waals surface area contributed by atoms with Crippen LogP contribution in [-0.4, -0.2) is 56.9 Å². The van der Waals surface area contributed by atoms with Gasteiger partial charge in [0, 0.05) is 43.3 Å². The summed E-state index contributed by atoms with van der Waals surface area (Å²) in [5.41, 5.74) is 3.87. The Balaban J connectivity index is 1.44. The van der Waals surface area contributed by atoms with E-state index in [0.29, 0.717) is 49.2 Å². The summed E-state index contributed by atoms with van der Waals surface area (Å²) in [6, 6.07) is 20.3. The number of benzene rings is 3. The summed E-state index contributed by atoms with van der Waals surface area (Å²) in [5, 5.41) is 0.667. The fourth-order valence-electron chi connectivity index (χ4n) is 4.40. The molecule has 0 unspecified atom stereocenters. The van der Waals surface area contributed by atoms with Crippen molar-refractivity contribution in [2.24, 2.45) is 0 Å². The van der Waals surface area contributed by atoms with Crippen molar-refractivity contribution >= 4 is 27.6 Å². The van der Waals surface area contributed by atoms with Gasteiger partial charge < -0.3 is 9.47 Å². The monoisotopic (exact) mass is 556 g/mol. The molecule has 1 aliphatic heterocycles. The van der Waals surface area contributed by atoms with Crippen LogP contribution in [-0.2, 0) is 45.5 Å². The van der Waals surface area contributed by atoms with Gasteiger partial charge in [0.1, 0.15) is 12.4 Å². The lowest BCUT2D eigenvalue weighted by Crippen LogP contribution is -2.48. The van der Waals surface area contributed by atoms with Crippen molar-refractivity contribution < 1.29 is 22.7 Å². The summed E-state index contributed by atoms with van der Waals surface area (Å²) >= 11 is 5.99. The van der Waals surface area contributed by atoms with Crippen LogP contribution in [0.25, 0.3) is 0 Å². The molecule has 0 amide bonds. The molecule has 3 aromatic carbocycles. The van der Waals surface area contributed by atoms with E-state index in [0.717, 1.165) is 34.4 Å². The molecule has 0 aliphatic carbocycles. The number of nitrogens with zero attached hydrogens (tertiary/aromatic N) is 2. The Hall–Kier alpha value is -2.91. The second-order valence-corrected chi connectivity index (χ2v) is 11.7. The maximum atomic E-state index is 13.2. The van der Waals surface area contributed by atoms with Crippen LogP contribution in [0, 0.1) is 0 Å². The first kappa shape index (κ1) is 28.1. The van der Waals surface area contributed by atoms with Crippen molar-refractivity contribution in [3.63, 3.8) is 0 Å². The third-order valence-electron chi connectivity index (χ3n) is 6.70. The minimum atomic E-state index is -3.54. The van der Waals surface area contributed by atoms with Gasteiger partial charge in [-0.05, 0) is 53.4 Å². The van der Waals surface area contributed by atoms with Crippen molar-refractivity contribution in [2.45, 2.75) is 37.8 Å². The first-order valence-electron chi connectivity index (χ1n) is 12.7. The molecule has 7 nitrogen and oxygen atoms in total. The normalized spacial score (nSPS) is 14.8. The molecule has 1 fully saturated rings. The standard InChI is InChI=1S/C29H33ClN2O5S/c1-3-22-6-11-27(12-7-22)38(34,35)32-16-14-31(15-17-32)20-25-18-24(19-29(33)36-2)8-13-28(25)37-21-23-4-9-26(30)10-5-23/h4-13,18H,3,14-17,19-21H2,1-2H3. The fraction of sp³-hybridized carbons (Fsp3) is 0.345. The van der Waals surface area contributed by atoms with Crippen molar-refractivity contribution in [1.29, 1.82) is 0 Å². The summed E-state index contributed by atoms with van der Waals surface area (Å²) in [7, 11) is -2.16. The minimum Gasteiger partial charge on any atom is -0.489 e. The van der Waals surface area contributed by atoms with Crippen LogP contribution in [0.5, 0.6) is 5.75 Å². The van der Waals surface area contributed by atoms with E-state index in [9.17, 15) is 13.2 Å². The largest absolute Gasteiger partial charge is 0.489 e. The molecule has 0 bridgehead atoms. The number of hydrogen-bond acceptors (Lipinski definition) is 6. The number of esters is 1. The number of piperazine rings is 1. The quantitative estimate of drug-likeness (QED) is 0.337. The van der Waals surface area contributed by atoms with Crippen LogP contribution in [0.3, 0.4) is 0 Å². The molecule has 0 aromatic heterocycles. The Bertz CT molecular complexity index is 1340. The van der Waals surface area contributed by atoms with Gasteiger partial charge in [0.15, 0.2) is 0 Å². The molecule has 4 rings (SSSR count). The minimum absolute atomic E-state index is 0.170. The summed E-state index contributed by atoms with van der Waals surface area (Å²) in [6.07, 6.45) is 1.04. The molecule has 202 valence electrons. The number of hydrogen-bond donors (Lipinski definition) is 0. The van der Waals surface area contributed by atoms with E-state index in [2.05, 4.69) is 4.90 Å². The number of halogens is 1. The maximum absolute atomic E-state index is 13.2. The van der Waals surface area contributed by atoms with E-state index in [1.54, 1.807) is 16.4 Å². The van der Waals surface area contributed by atoms with E-state index in [4.69, 9.17) is 21.1 Å². The molecule has 9 heteroatoms. The third kappa shape index (κ3) is 7.14. The molecule has 1 saturated heterocycles. The molecular weight excluding hydrogens is 524 g/mol. The van der Waals surface area contributed by atoms with E-state index in [-0.39, 0.29) is 12.4 Å². The van der Waals surface area contributed by atoms with Gasteiger partial charge in [-0.25, -0.2) is 8.42 Å². The average molecular weight is 557 g/mol. The van der Waals surface area contributed by atoms with Gasteiger partial charge in [0.25, 0.3) is 0 Å². The van der Waals surface area contributed by atoms with Crippen LogP contribution < -0.4 is 4.74 Å². The second kappa shape index (κ2) is 12.8. The fourth-order valence-corrected chi connectivity index (χ4v) is 5.95. The Morgan fingerprint density at radius 2 is 1.53 bits per heavy atom. The third-order valence-corrected chi connectivity index (χ3v) is 8.87. The lowest BCUT2D eigenvalue weighted by Gasteiger charge is -2.34. The van der Waals surface area contributed by atoms with E-state index >= 15 is 0 Å². The van der Waals surface area contributed by atoms with Gasteiger partial charge in [-0.15, -0.1) is 0 Å². The number of carbonyl (C=O) groups excluding carboxylic acids is 1. The molecule has 1 aliphatic rings. The lowest BCUT2D eigenvalue weighted by molar-refractivity contribution is -0.139. The van der Waals surface area contributed by atoms with Crippen LogP contribution in [0.2, 0.25) is 5.02 Å². The van der Waals surface area contributed by atoms with Gasteiger partial charge in [0.05, 0.1) is 18.4 Å². The SMILES string of the molecule is CCc1ccc(S(=O)(=O)N2CCN(Cc3cc(CC(=O)OC)ccc3OCc3ccc(Cl)cc3)CC2)cc1. The Kier molecular flexibility index (Phi) is 9.44. The van der Waals surface area contributed by atoms with Crippen LogP contribution in [0.1, 0.15) is 29.2 Å². The number of sulfonamides is 1. The highest BCUT2D eigenvalue weighted by molar-refractivity contribution is 7.89. The van der Waals surface area contributed by atoms with E-state index in [1.807, 2.05) is 61.5 Å². The summed E-state index contributed by atoms with van der Waals surface area (Å²) < 4.78 is 38.8. The first-order chi connectivity index (χ1) is 18.3. The molecule has 0 atom stereocenters. The summed E-state index contributed by atoms with van der Waals surface area (Å²) in [5.74, 6) is 0.413. The number of aryl methyl sites for hydroxylation is 1. The van der Waals surface area contributed by atoms with Crippen molar-refractivity contribution in [3.8, 4) is 5.75 Å². The topological polar surface area (TPSA) is 76.2 Å². The van der Waals surface area contributed by atoms with Crippen molar-refractivity contribution in [3.05, 3.63) is 94.0 Å². The van der Waals surface area contributed by atoms with Crippen molar-refractivity contribution in [2.75, 3.05) is 33.3 Å². The van der Waals surface area contributed by atoms with Gasteiger partial charge >= 0.3 is 5.97 Å². The average Bonchev–Trinajstić information content (AvgIpc) is 2.93. The molecule has 3 aromatic rings. The lowest BCUT2D eigenvalue weighted by atomic mass is 10.1. The number of ether oxygens (including phenoxy) is 2. The first-order valence-corrected chi connectivity index (χ1v) is 14.5. The Labute approximate surface area is 230 Å². The van der Waals surface area contributed by atoms with E-state index < -0.39 is 10.0 Å². The zero-order valence-electron chi connectivity index (χ0n) is 21.7. The highest BCUT2D eigenvalue weighted by Gasteiger charge is 2.28. The molecule has 0 saturated carbocycles. The van der Waals surface area contributed by atoms with Crippen LogP contribution >= 0.6 is 11.6 Å². The summed E-state index contributed by atoms with van der Waals surface area (Å²) in [4.78, 5) is 14.4. The number of rotatable bonds is 10. The number of methoxy groups -OCH3 is 1. The van der Waals surface area contributed by atoms with Crippen molar-refractivity contribution in [1.82, 2.24) is 9.21 Å². The number of carbonyl (C=O) groups is 1. The van der Waals surface area contributed by atoms with Gasteiger partial charge in [-0.2, -0.15) is 4.31 Å². The van der Waals surface area contributed by atoms with E-state index in [1.165, 1.54) is 7.11 Å². The molecular formula is C29H33ClN2O5S. The molecule has 38 heavy (non-hydrogen) atoms. The Morgan fingerprint density at radius 1 is 0.895 bits per heavy atom.